The van der Waals surface area contributed by atoms with E-state index >= 15 is 0 Å². The van der Waals surface area contributed by atoms with Crippen molar-refractivity contribution < 1.29 is 10.2 Å². The van der Waals surface area contributed by atoms with Crippen LogP contribution in [-0.4, -0.2) is 22.1 Å². The fraction of sp³-hybridized carbons (Fsp3) is 0.455. The zero-order chi connectivity index (χ0) is 11.4. The van der Waals surface area contributed by atoms with E-state index in [4.69, 9.17) is 5.11 Å². The van der Waals surface area contributed by atoms with Crippen LogP contribution in [0.4, 0.5) is 0 Å². The highest BCUT2D eigenvalue weighted by atomic mass is 79.9. The zero-order valence-corrected chi connectivity index (χ0v) is 11.2. The van der Waals surface area contributed by atoms with Crippen LogP contribution in [0.5, 0.6) is 0 Å². The molecule has 0 aromatic heterocycles. The standard InChI is InChI=1S/C11H15BrO2S/c1-7(6-13)15-9-3-4-10(8(2)14)11(12)5-9/h3-5,7-8,13-14H,6H2,1-2H3/t7?,8-/m1/s1. The minimum absolute atomic E-state index is 0.167. The van der Waals surface area contributed by atoms with Crippen molar-refractivity contribution >= 4 is 27.7 Å². The molecule has 0 saturated carbocycles. The van der Waals surface area contributed by atoms with Gasteiger partial charge >= 0.3 is 0 Å². The highest BCUT2D eigenvalue weighted by molar-refractivity contribution is 9.10. The van der Waals surface area contributed by atoms with Crippen molar-refractivity contribution in [2.45, 2.75) is 30.1 Å². The Hall–Kier alpha value is -0.0300. The topological polar surface area (TPSA) is 40.5 Å². The fourth-order valence-corrected chi connectivity index (χ4v) is 2.92. The maximum Gasteiger partial charge on any atom is 0.0772 e. The molecule has 0 spiro atoms. The molecule has 0 aliphatic rings. The molecule has 0 fully saturated rings. The number of aliphatic hydroxyl groups is 2. The van der Waals surface area contributed by atoms with Crippen LogP contribution in [-0.2, 0) is 0 Å². The molecular weight excluding hydrogens is 276 g/mol. The Labute approximate surface area is 103 Å². The summed E-state index contributed by atoms with van der Waals surface area (Å²) in [5, 5.41) is 18.6. The van der Waals surface area contributed by atoms with Gasteiger partial charge in [-0.1, -0.05) is 28.9 Å². The molecule has 0 heterocycles. The molecule has 0 radical (unpaired) electrons. The van der Waals surface area contributed by atoms with Gasteiger partial charge in [0.15, 0.2) is 0 Å². The first-order valence-electron chi connectivity index (χ1n) is 4.79. The number of benzene rings is 1. The first-order valence-corrected chi connectivity index (χ1v) is 6.47. The predicted octanol–water partition coefficient (Wildman–Crippen LogP) is 2.98. The lowest BCUT2D eigenvalue weighted by Crippen LogP contribution is -2.01. The van der Waals surface area contributed by atoms with Crippen molar-refractivity contribution in [3.05, 3.63) is 28.2 Å². The first kappa shape index (κ1) is 13.0. The summed E-state index contributed by atoms with van der Waals surface area (Å²) >= 11 is 5.04. The number of rotatable bonds is 4. The minimum Gasteiger partial charge on any atom is -0.395 e. The maximum absolute atomic E-state index is 9.45. The molecule has 2 atom stereocenters. The summed E-state index contributed by atoms with van der Waals surface area (Å²) < 4.78 is 0.910. The second-order valence-corrected chi connectivity index (χ2v) is 5.84. The minimum atomic E-state index is -0.464. The van der Waals surface area contributed by atoms with E-state index in [1.165, 1.54) is 0 Å². The van der Waals surface area contributed by atoms with Crippen molar-refractivity contribution in [1.29, 1.82) is 0 Å². The summed E-state index contributed by atoms with van der Waals surface area (Å²) in [6.07, 6.45) is -0.464. The lowest BCUT2D eigenvalue weighted by Gasteiger charge is -2.11. The molecule has 2 nitrogen and oxygen atoms in total. The van der Waals surface area contributed by atoms with E-state index in [9.17, 15) is 5.11 Å². The van der Waals surface area contributed by atoms with Gasteiger partial charge in [0.1, 0.15) is 0 Å². The molecule has 1 aromatic carbocycles. The highest BCUT2D eigenvalue weighted by Crippen LogP contribution is 2.30. The molecule has 84 valence electrons. The van der Waals surface area contributed by atoms with Crippen LogP contribution in [0.2, 0.25) is 0 Å². The van der Waals surface area contributed by atoms with Gasteiger partial charge in [-0.05, 0) is 24.6 Å². The number of hydrogen-bond donors (Lipinski definition) is 2. The van der Waals surface area contributed by atoms with E-state index in [-0.39, 0.29) is 11.9 Å². The largest absolute Gasteiger partial charge is 0.395 e. The summed E-state index contributed by atoms with van der Waals surface area (Å²) in [5.74, 6) is 0. The second kappa shape index (κ2) is 5.89. The third kappa shape index (κ3) is 3.79. The number of halogens is 1. The SMILES string of the molecule is CC(CO)Sc1ccc([C@@H](C)O)c(Br)c1. The smallest absolute Gasteiger partial charge is 0.0772 e. The van der Waals surface area contributed by atoms with E-state index in [0.717, 1.165) is 14.9 Å². The van der Waals surface area contributed by atoms with Crippen molar-refractivity contribution in [3.8, 4) is 0 Å². The van der Waals surface area contributed by atoms with Crippen molar-refractivity contribution in [3.63, 3.8) is 0 Å². The summed E-state index contributed by atoms with van der Waals surface area (Å²) in [7, 11) is 0. The van der Waals surface area contributed by atoms with Crippen LogP contribution in [0.3, 0.4) is 0 Å². The van der Waals surface area contributed by atoms with Gasteiger partial charge in [0, 0.05) is 14.6 Å². The van der Waals surface area contributed by atoms with E-state index in [1.54, 1.807) is 18.7 Å². The molecule has 4 heteroatoms. The number of aliphatic hydroxyl groups excluding tert-OH is 2. The molecule has 0 amide bonds. The Morgan fingerprint density at radius 2 is 2.07 bits per heavy atom. The van der Waals surface area contributed by atoms with E-state index in [2.05, 4.69) is 15.9 Å². The molecule has 1 unspecified atom stereocenters. The zero-order valence-electron chi connectivity index (χ0n) is 8.77. The Morgan fingerprint density at radius 1 is 1.40 bits per heavy atom. The van der Waals surface area contributed by atoms with Gasteiger partial charge < -0.3 is 10.2 Å². The fourth-order valence-electron chi connectivity index (χ4n) is 1.19. The third-order valence-electron chi connectivity index (χ3n) is 2.02. The van der Waals surface area contributed by atoms with Crippen LogP contribution in [0, 0.1) is 0 Å². The lowest BCUT2D eigenvalue weighted by atomic mass is 10.1. The molecule has 15 heavy (non-hydrogen) atoms. The van der Waals surface area contributed by atoms with Crippen LogP contribution >= 0.6 is 27.7 Å². The van der Waals surface area contributed by atoms with Gasteiger partial charge in [-0.15, -0.1) is 11.8 Å². The molecule has 1 aromatic rings. The normalized spacial score (nSPS) is 15.0. The summed E-state index contributed by atoms with van der Waals surface area (Å²) in [4.78, 5) is 1.09. The quantitative estimate of drug-likeness (QED) is 0.838. The first-order chi connectivity index (χ1) is 7.04. The van der Waals surface area contributed by atoms with Crippen molar-refractivity contribution in [2.24, 2.45) is 0 Å². The van der Waals surface area contributed by atoms with Crippen LogP contribution < -0.4 is 0 Å². The van der Waals surface area contributed by atoms with Crippen molar-refractivity contribution in [2.75, 3.05) is 6.61 Å². The van der Waals surface area contributed by atoms with Gasteiger partial charge in [-0.25, -0.2) is 0 Å². The van der Waals surface area contributed by atoms with E-state index < -0.39 is 6.10 Å². The molecule has 0 aliphatic heterocycles. The highest BCUT2D eigenvalue weighted by Gasteiger charge is 2.08. The molecule has 1 rings (SSSR count). The molecule has 0 saturated heterocycles. The van der Waals surface area contributed by atoms with Gasteiger partial charge in [-0.3, -0.25) is 0 Å². The average Bonchev–Trinajstić information content (AvgIpc) is 2.17. The maximum atomic E-state index is 9.45. The Balaban J connectivity index is 2.82. The Kier molecular flexibility index (Phi) is 5.12. The third-order valence-corrected chi connectivity index (χ3v) is 3.78. The Bertz CT molecular complexity index is 328. The van der Waals surface area contributed by atoms with Crippen LogP contribution in [0.1, 0.15) is 25.5 Å². The summed E-state index contributed by atoms with van der Waals surface area (Å²) in [5.41, 5.74) is 0.885. The van der Waals surface area contributed by atoms with E-state index in [0.29, 0.717) is 0 Å². The second-order valence-electron chi connectivity index (χ2n) is 3.47. The summed E-state index contributed by atoms with van der Waals surface area (Å²) in [6.45, 7) is 3.88. The van der Waals surface area contributed by atoms with Crippen molar-refractivity contribution in [1.82, 2.24) is 0 Å². The summed E-state index contributed by atoms with van der Waals surface area (Å²) in [6, 6.07) is 5.84. The van der Waals surface area contributed by atoms with Gasteiger partial charge in [0.2, 0.25) is 0 Å². The number of hydrogen-bond acceptors (Lipinski definition) is 3. The van der Waals surface area contributed by atoms with Gasteiger partial charge in [0.05, 0.1) is 12.7 Å². The van der Waals surface area contributed by atoms with Gasteiger partial charge in [-0.2, -0.15) is 0 Å². The molecule has 2 N–H and O–H groups in total. The van der Waals surface area contributed by atoms with Crippen LogP contribution in [0.25, 0.3) is 0 Å². The number of thioether (sulfide) groups is 1. The van der Waals surface area contributed by atoms with E-state index in [1.807, 2.05) is 25.1 Å². The van der Waals surface area contributed by atoms with Crippen LogP contribution in [0.15, 0.2) is 27.6 Å². The molecule has 0 aliphatic carbocycles. The predicted molar refractivity (Wildman–Crippen MR) is 67.2 cm³/mol. The average molecular weight is 291 g/mol. The molecule has 0 bridgehead atoms. The monoisotopic (exact) mass is 290 g/mol. The lowest BCUT2D eigenvalue weighted by molar-refractivity contribution is 0.198. The molecular formula is C11H15BrO2S. The Morgan fingerprint density at radius 3 is 2.53 bits per heavy atom. The van der Waals surface area contributed by atoms with Gasteiger partial charge in [0.25, 0.3) is 0 Å².